The van der Waals surface area contributed by atoms with Gasteiger partial charge in [-0.25, -0.2) is 4.79 Å². The Bertz CT molecular complexity index is 2950. The number of fused-ring (bicyclic) bond motifs is 1. The number of aromatic amines is 1. The molecule has 87 heavy (non-hydrogen) atoms. The number of aliphatic hydroxyl groups is 1. The molecule has 6 rings (SSSR count). The van der Waals surface area contributed by atoms with Crippen LogP contribution in [0.15, 0.2) is 54.7 Å². The van der Waals surface area contributed by atoms with Crippen LogP contribution in [0.5, 0.6) is 5.75 Å². The van der Waals surface area contributed by atoms with Crippen LogP contribution in [0.4, 0.5) is 4.79 Å². The number of H-pyrrole nitrogens is 1. The highest BCUT2D eigenvalue weighted by Crippen LogP contribution is 2.34. The Labute approximate surface area is 503 Å². The number of hydrogen-bond acceptors (Lipinski definition) is 14. The van der Waals surface area contributed by atoms with Gasteiger partial charge in [0.1, 0.15) is 54.1 Å². The van der Waals surface area contributed by atoms with E-state index in [1.54, 1.807) is 25.4 Å². The van der Waals surface area contributed by atoms with E-state index in [9.17, 15) is 63.0 Å². The van der Waals surface area contributed by atoms with Crippen LogP contribution in [0.2, 0.25) is 0 Å². The van der Waals surface area contributed by atoms with E-state index in [-0.39, 0.29) is 75.2 Å². The van der Waals surface area contributed by atoms with Crippen LogP contribution in [0.1, 0.15) is 102 Å². The summed E-state index contributed by atoms with van der Waals surface area (Å²) >= 11 is 0. The lowest BCUT2D eigenvalue weighted by molar-refractivity contribution is -0.142. The molecule has 0 radical (unpaired) electrons. The van der Waals surface area contributed by atoms with Gasteiger partial charge < -0.3 is 90.0 Å². The van der Waals surface area contributed by atoms with E-state index in [2.05, 4.69) is 63.5 Å². The normalized spacial score (nSPS) is 18.1. The number of amides is 12. The van der Waals surface area contributed by atoms with Gasteiger partial charge in [0.15, 0.2) is 5.96 Å². The van der Waals surface area contributed by atoms with Crippen LogP contribution in [-0.4, -0.2) is 179 Å². The third-order valence-corrected chi connectivity index (χ3v) is 15.7. The van der Waals surface area contributed by atoms with E-state index >= 15 is 0 Å². The molecule has 9 atom stereocenters. The number of nitrogens with zero attached hydrogens (tertiary/aromatic N) is 1. The molecule has 0 spiro atoms. The summed E-state index contributed by atoms with van der Waals surface area (Å²) in [5.74, 6) is -7.62. The van der Waals surface area contributed by atoms with E-state index in [0.29, 0.717) is 12.0 Å². The fourth-order valence-corrected chi connectivity index (χ4v) is 10.8. The van der Waals surface area contributed by atoms with E-state index in [1.807, 2.05) is 24.3 Å². The molecule has 2 heterocycles. The molecule has 1 saturated heterocycles. The number of carbonyl (C=O) groups excluding carboxylic acids is 11. The molecule has 19 N–H and O–H groups in total. The largest absolute Gasteiger partial charge is 0.508 e. The molecular weight excluding hydrogens is 1130 g/mol. The number of guanidine groups is 1. The van der Waals surface area contributed by atoms with Crippen molar-refractivity contribution in [3.05, 3.63) is 65.9 Å². The molecule has 29 nitrogen and oxygen atoms in total. The number of aromatic nitrogens is 1. The minimum absolute atomic E-state index is 0.00432. The minimum atomic E-state index is -1.61. The summed E-state index contributed by atoms with van der Waals surface area (Å²) in [6.07, 6.45) is 6.88. The van der Waals surface area contributed by atoms with Gasteiger partial charge in [0.25, 0.3) is 0 Å². The van der Waals surface area contributed by atoms with Crippen molar-refractivity contribution >= 4 is 82.0 Å². The number of phenolic OH excluding ortho intramolecular Hbond substituents is 1. The molecule has 0 bridgehead atoms. The first-order valence-corrected chi connectivity index (χ1v) is 29.5. The Morgan fingerprint density at radius 2 is 1.32 bits per heavy atom. The van der Waals surface area contributed by atoms with Crippen molar-refractivity contribution in [1.29, 1.82) is 5.41 Å². The van der Waals surface area contributed by atoms with Crippen LogP contribution < -0.4 is 70.0 Å². The maximum Gasteiger partial charge on any atom is 0.312 e. The fraction of sp³-hybridized carbons (Fsp3) is 0.552. The number of phenols is 1. The summed E-state index contributed by atoms with van der Waals surface area (Å²) < 4.78 is 0. The van der Waals surface area contributed by atoms with Crippen LogP contribution in [0.3, 0.4) is 0 Å². The van der Waals surface area contributed by atoms with E-state index < -0.39 is 133 Å². The van der Waals surface area contributed by atoms with Crippen molar-refractivity contribution in [3.8, 4) is 5.75 Å². The number of aliphatic hydroxyl groups excluding tert-OH is 1. The quantitative estimate of drug-likeness (QED) is 0.0182. The second kappa shape index (κ2) is 32.5. The number of nitrogens with two attached hydrogens (primary N) is 2. The van der Waals surface area contributed by atoms with Crippen molar-refractivity contribution < 1.29 is 63.0 Å². The van der Waals surface area contributed by atoms with Crippen molar-refractivity contribution in [2.24, 2.45) is 23.3 Å². The first-order valence-electron chi connectivity index (χ1n) is 29.5. The van der Waals surface area contributed by atoms with Gasteiger partial charge in [0.2, 0.25) is 59.1 Å². The third kappa shape index (κ3) is 21.2. The molecule has 474 valence electrons. The number of para-hydroxylation sites is 1. The first-order chi connectivity index (χ1) is 41.5. The standard InChI is InChI=1S/C58H84N16O13/c1-31(67-54(84)46(28-66-58(61)87)73-55(85)47-26-38(77)30-74(47)56(86)45(68-32(2)75)24-35-17-19-37(76)20-18-35)50(80)72-43(22-33-10-5-4-6-11-33)51(81)65-29-48(78)69-44(23-34-15-16-34)53(83)70-41(14-9-21-63-57(60)62-3)52(82)71-42(49(59)79)25-36-27-64-40-13-8-7-12-39(36)40/h7-8,12-13,17-20,27,31,33-34,38,41-47,64,76-77H,4-6,9-11,14-16,21-26,28-30H2,1-3H3,(H2,59,79)(H,65,81)(H,67,84)(H,68,75)(H,69,78)(H,70,83)(H,71,82)(H,72,80)(H,73,85)(H3,60,62,63)(H3,61,66,87)/t31-,38+,41-,42-,43-,44-,45+,46-,47-/m0/s1. The van der Waals surface area contributed by atoms with Crippen molar-refractivity contribution in [2.75, 3.05) is 33.2 Å². The number of likely N-dealkylation sites (tertiary alicyclic amines) is 1. The predicted molar refractivity (Wildman–Crippen MR) is 317 cm³/mol. The van der Waals surface area contributed by atoms with Gasteiger partial charge in [-0.15, -0.1) is 0 Å². The molecule has 3 fully saturated rings. The molecule has 2 saturated carbocycles. The number of nitrogens with one attached hydrogen (secondary N) is 13. The SMILES string of the molecule is CNC(=N)NCCC[C@H](NC(=O)[C@H](CC1CC1)NC(=O)CNC(=O)[C@H](CC1CCCCC1)NC(=O)[C@H](C)NC(=O)[C@H](CNC(N)=O)NC(=O)[C@@H]1C[C@@H](O)CN1C(=O)[C@@H](Cc1ccc(O)cc1)NC(C)=O)C(=O)N[C@@H](Cc1c[nH]c2ccccc12)C(N)=O. The minimum Gasteiger partial charge on any atom is -0.508 e. The summed E-state index contributed by atoms with van der Waals surface area (Å²) in [4.78, 5) is 153. The third-order valence-electron chi connectivity index (χ3n) is 15.7. The highest BCUT2D eigenvalue weighted by Gasteiger charge is 2.43. The molecule has 29 heteroatoms. The van der Waals surface area contributed by atoms with Crippen LogP contribution in [0.25, 0.3) is 10.9 Å². The van der Waals surface area contributed by atoms with Crippen LogP contribution in [-0.2, 0) is 60.8 Å². The van der Waals surface area contributed by atoms with Crippen LogP contribution >= 0.6 is 0 Å². The Balaban J connectivity index is 1.09. The lowest BCUT2D eigenvalue weighted by Gasteiger charge is -2.30. The van der Waals surface area contributed by atoms with E-state index in [0.717, 1.165) is 66.3 Å². The maximum atomic E-state index is 14.2. The number of aromatic hydroxyl groups is 1. The predicted octanol–water partition coefficient (Wildman–Crippen LogP) is -2.38. The average Bonchev–Trinajstić information content (AvgIpc) is 2.48. The van der Waals surface area contributed by atoms with Crippen molar-refractivity contribution in [1.82, 2.24) is 68.4 Å². The number of rotatable bonds is 31. The number of hydrogen-bond donors (Lipinski definition) is 17. The first kappa shape index (κ1) is 67.1. The number of urea groups is 1. The molecule has 3 aromatic rings. The van der Waals surface area contributed by atoms with Gasteiger partial charge in [-0.2, -0.15) is 0 Å². The Morgan fingerprint density at radius 3 is 1.98 bits per heavy atom. The fourth-order valence-electron chi connectivity index (χ4n) is 10.8. The van der Waals surface area contributed by atoms with Gasteiger partial charge >= 0.3 is 6.03 Å². The maximum absolute atomic E-state index is 14.2. The molecule has 1 aliphatic heterocycles. The van der Waals surface area contributed by atoms with Gasteiger partial charge in [-0.1, -0.05) is 75.3 Å². The molecule has 2 aromatic carbocycles. The molecule has 1 aromatic heterocycles. The highest BCUT2D eigenvalue weighted by molar-refractivity contribution is 5.98. The second-order valence-electron chi connectivity index (χ2n) is 22.7. The summed E-state index contributed by atoms with van der Waals surface area (Å²) in [5.41, 5.74) is 13.2. The lowest BCUT2D eigenvalue weighted by Crippen LogP contribution is -2.61. The van der Waals surface area contributed by atoms with Crippen molar-refractivity contribution in [3.63, 3.8) is 0 Å². The van der Waals surface area contributed by atoms with E-state index in [4.69, 9.17) is 16.9 Å². The Hall–Kier alpha value is -9.02. The topological polar surface area (TPSA) is 455 Å². The molecular formula is C58H84N16O13. The molecule has 0 unspecified atom stereocenters. The average molecular weight is 1210 g/mol. The summed E-state index contributed by atoms with van der Waals surface area (Å²) in [6.45, 7) is 1.24. The number of primary amides is 2. The van der Waals surface area contributed by atoms with Crippen molar-refractivity contribution in [2.45, 2.75) is 158 Å². The van der Waals surface area contributed by atoms with Gasteiger partial charge in [0.05, 0.1) is 12.6 Å². The smallest absolute Gasteiger partial charge is 0.312 e. The van der Waals surface area contributed by atoms with E-state index in [1.165, 1.54) is 26.0 Å². The molecule has 12 amide bonds. The zero-order valence-electron chi connectivity index (χ0n) is 49.3. The molecule has 2 aliphatic carbocycles. The number of carbonyl (C=O) groups is 11. The highest BCUT2D eigenvalue weighted by atomic mass is 16.3. The zero-order chi connectivity index (χ0) is 63.3. The Morgan fingerprint density at radius 1 is 0.690 bits per heavy atom. The monoisotopic (exact) mass is 1210 g/mol. The summed E-state index contributed by atoms with van der Waals surface area (Å²) in [5, 5.41) is 57.9. The summed E-state index contributed by atoms with van der Waals surface area (Å²) in [6, 6.07) is 1.94. The summed E-state index contributed by atoms with van der Waals surface area (Å²) in [7, 11) is 1.56. The second-order valence-corrected chi connectivity index (χ2v) is 22.7. The lowest BCUT2D eigenvalue weighted by atomic mass is 9.84. The molecule has 3 aliphatic rings. The van der Waals surface area contributed by atoms with Gasteiger partial charge in [-0.3, -0.25) is 53.4 Å². The number of β-amino-alcohol motifs (C(OH)–C–C–N with tert-alkyl or cyclic N) is 1. The van der Waals surface area contributed by atoms with Gasteiger partial charge in [0, 0.05) is 70.0 Å². The zero-order valence-corrected chi connectivity index (χ0v) is 49.3. The van der Waals surface area contributed by atoms with Crippen LogP contribution in [0, 0.1) is 17.2 Å². The Kier molecular flexibility index (Phi) is 25.1. The van der Waals surface area contributed by atoms with Gasteiger partial charge in [-0.05, 0) is 73.8 Å². The number of benzene rings is 2.